The van der Waals surface area contributed by atoms with E-state index in [0.717, 1.165) is 12.8 Å². The molecule has 0 bridgehead atoms. The SMILES string of the molecule is [N-]=[N+]=NC(=O)OC(=O)C1CC1. The molecular formula is C5H5N3O3. The van der Waals surface area contributed by atoms with E-state index in [1.807, 2.05) is 0 Å². The van der Waals surface area contributed by atoms with Crippen molar-refractivity contribution in [1.82, 2.24) is 0 Å². The predicted octanol–water partition coefficient (Wildman–Crippen LogP) is 1.37. The Kier molecular flexibility index (Phi) is 2.08. The fourth-order valence-electron chi connectivity index (χ4n) is 0.545. The molecule has 0 spiro atoms. The van der Waals surface area contributed by atoms with Crippen LogP contribution in [-0.2, 0) is 9.53 Å². The molecule has 0 heterocycles. The molecule has 0 aromatic rings. The van der Waals surface area contributed by atoms with Crippen LogP contribution in [0.15, 0.2) is 5.11 Å². The molecule has 1 aliphatic rings. The second-order valence-electron chi connectivity index (χ2n) is 2.15. The molecule has 1 amide bonds. The van der Waals surface area contributed by atoms with Crippen LogP contribution < -0.4 is 0 Å². The molecule has 0 aliphatic heterocycles. The van der Waals surface area contributed by atoms with E-state index < -0.39 is 12.1 Å². The first-order chi connectivity index (χ1) is 5.24. The van der Waals surface area contributed by atoms with Gasteiger partial charge in [-0.25, -0.2) is 4.79 Å². The van der Waals surface area contributed by atoms with Gasteiger partial charge in [0, 0.05) is 10.0 Å². The molecule has 0 unspecified atom stereocenters. The molecular weight excluding hydrogens is 150 g/mol. The number of esters is 1. The molecule has 1 fully saturated rings. The summed E-state index contributed by atoms with van der Waals surface area (Å²) in [5.74, 6) is -0.754. The Morgan fingerprint density at radius 2 is 2.18 bits per heavy atom. The average Bonchev–Trinajstić information content (AvgIpc) is 2.67. The van der Waals surface area contributed by atoms with Gasteiger partial charge in [-0.05, 0) is 18.4 Å². The molecule has 0 saturated heterocycles. The molecule has 58 valence electrons. The number of hydrogen-bond donors (Lipinski definition) is 0. The highest BCUT2D eigenvalue weighted by Gasteiger charge is 2.32. The molecule has 6 nitrogen and oxygen atoms in total. The highest BCUT2D eigenvalue weighted by atomic mass is 16.6. The lowest BCUT2D eigenvalue weighted by molar-refractivity contribution is -0.138. The van der Waals surface area contributed by atoms with Crippen LogP contribution in [0.3, 0.4) is 0 Å². The molecule has 1 aliphatic carbocycles. The number of carbonyl (C=O) groups is 2. The number of azide groups is 1. The van der Waals surface area contributed by atoms with Crippen LogP contribution in [0.1, 0.15) is 12.8 Å². The zero-order valence-corrected chi connectivity index (χ0v) is 5.56. The third kappa shape index (κ3) is 2.27. The number of amides is 1. The second-order valence-corrected chi connectivity index (χ2v) is 2.15. The lowest BCUT2D eigenvalue weighted by atomic mass is 10.4. The van der Waals surface area contributed by atoms with Gasteiger partial charge in [0.2, 0.25) is 0 Å². The maximum atomic E-state index is 10.7. The van der Waals surface area contributed by atoms with Gasteiger partial charge < -0.3 is 4.74 Å². The smallest absolute Gasteiger partial charge is 0.388 e. The first kappa shape index (κ1) is 7.56. The van der Waals surface area contributed by atoms with Crippen LogP contribution in [0, 0.1) is 5.92 Å². The third-order valence-electron chi connectivity index (χ3n) is 1.22. The van der Waals surface area contributed by atoms with Crippen molar-refractivity contribution in [2.24, 2.45) is 11.0 Å². The summed E-state index contributed by atoms with van der Waals surface area (Å²) in [5, 5.41) is 2.57. The van der Waals surface area contributed by atoms with Gasteiger partial charge in [-0.1, -0.05) is 0 Å². The minimum absolute atomic E-state index is 0.159. The van der Waals surface area contributed by atoms with E-state index in [1.165, 1.54) is 0 Å². The summed E-state index contributed by atoms with van der Waals surface area (Å²) in [4.78, 5) is 23.2. The highest BCUT2D eigenvalue weighted by molar-refractivity contribution is 5.87. The largest absolute Gasteiger partial charge is 0.404 e. The molecule has 0 N–H and O–H groups in total. The maximum absolute atomic E-state index is 10.7. The lowest BCUT2D eigenvalue weighted by Gasteiger charge is -1.93. The van der Waals surface area contributed by atoms with E-state index in [9.17, 15) is 9.59 Å². The number of hydrogen-bond acceptors (Lipinski definition) is 3. The molecule has 1 rings (SSSR count). The number of rotatable bonds is 1. The summed E-state index contributed by atoms with van der Waals surface area (Å²) >= 11 is 0. The van der Waals surface area contributed by atoms with E-state index in [-0.39, 0.29) is 5.92 Å². The Hall–Kier alpha value is -1.55. The van der Waals surface area contributed by atoms with Gasteiger partial charge in [-0.3, -0.25) is 4.79 Å². The van der Waals surface area contributed by atoms with Gasteiger partial charge in [-0.2, -0.15) is 0 Å². The molecule has 11 heavy (non-hydrogen) atoms. The van der Waals surface area contributed by atoms with E-state index in [4.69, 9.17) is 5.53 Å². The Bertz CT molecular complexity index is 239. The van der Waals surface area contributed by atoms with E-state index >= 15 is 0 Å². The van der Waals surface area contributed by atoms with Crippen LogP contribution in [-0.4, -0.2) is 12.1 Å². The molecule has 0 aromatic carbocycles. The summed E-state index contributed by atoms with van der Waals surface area (Å²) in [7, 11) is 0. The van der Waals surface area contributed by atoms with Gasteiger partial charge in [0.25, 0.3) is 0 Å². The van der Waals surface area contributed by atoms with Gasteiger partial charge in [-0.15, -0.1) is 0 Å². The topological polar surface area (TPSA) is 92.1 Å². The summed E-state index contributed by atoms with van der Waals surface area (Å²) in [6.45, 7) is 0. The Balaban J connectivity index is 2.34. The zero-order valence-electron chi connectivity index (χ0n) is 5.56. The van der Waals surface area contributed by atoms with Crippen LogP contribution in [0.25, 0.3) is 10.4 Å². The van der Waals surface area contributed by atoms with Crippen LogP contribution >= 0.6 is 0 Å². The second kappa shape index (κ2) is 3.03. The van der Waals surface area contributed by atoms with E-state index in [0.29, 0.717) is 0 Å². The van der Waals surface area contributed by atoms with Gasteiger partial charge in [0.1, 0.15) is 0 Å². The van der Waals surface area contributed by atoms with Crippen molar-refractivity contribution < 1.29 is 14.3 Å². The predicted molar refractivity (Wildman–Crippen MR) is 33.4 cm³/mol. The van der Waals surface area contributed by atoms with Gasteiger partial charge >= 0.3 is 12.1 Å². The molecule has 1 saturated carbocycles. The van der Waals surface area contributed by atoms with Crippen molar-refractivity contribution >= 4 is 12.1 Å². The van der Waals surface area contributed by atoms with Crippen LogP contribution in [0.5, 0.6) is 0 Å². The van der Waals surface area contributed by atoms with Crippen LogP contribution in [0.2, 0.25) is 0 Å². The molecule has 6 heteroatoms. The van der Waals surface area contributed by atoms with Gasteiger partial charge in [0.05, 0.1) is 5.92 Å². The minimum atomic E-state index is -1.18. The van der Waals surface area contributed by atoms with Crippen molar-refractivity contribution in [3.8, 4) is 0 Å². The lowest BCUT2D eigenvalue weighted by Crippen LogP contribution is -2.09. The Labute approximate surface area is 61.8 Å². The summed E-state index contributed by atoms with van der Waals surface area (Å²) in [6.07, 6.45) is 0.328. The Morgan fingerprint density at radius 1 is 1.55 bits per heavy atom. The first-order valence-corrected chi connectivity index (χ1v) is 3.05. The van der Waals surface area contributed by atoms with Crippen molar-refractivity contribution in [2.45, 2.75) is 12.8 Å². The summed E-state index contributed by atoms with van der Waals surface area (Å²) < 4.78 is 4.12. The quantitative estimate of drug-likeness (QED) is 0.188. The fraction of sp³-hybridized carbons (Fsp3) is 0.600. The molecule has 0 radical (unpaired) electrons. The molecule has 0 aromatic heterocycles. The number of nitrogens with zero attached hydrogens (tertiary/aromatic N) is 3. The first-order valence-electron chi connectivity index (χ1n) is 3.05. The number of carbonyl (C=O) groups excluding carboxylic acids is 2. The van der Waals surface area contributed by atoms with E-state index in [2.05, 4.69) is 14.8 Å². The summed E-state index contributed by atoms with van der Waals surface area (Å²) in [5.41, 5.74) is 7.75. The van der Waals surface area contributed by atoms with Crippen LogP contribution in [0.4, 0.5) is 4.79 Å². The fourth-order valence-corrected chi connectivity index (χ4v) is 0.545. The van der Waals surface area contributed by atoms with Crippen molar-refractivity contribution in [3.05, 3.63) is 10.4 Å². The monoisotopic (exact) mass is 155 g/mol. The van der Waals surface area contributed by atoms with Crippen molar-refractivity contribution in [3.63, 3.8) is 0 Å². The highest BCUT2D eigenvalue weighted by Crippen LogP contribution is 2.30. The average molecular weight is 155 g/mol. The zero-order chi connectivity index (χ0) is 8.27. The van der Waals surface area contributed by atoms with Crippen molar-refractivity contribution in [1.29, 1.82) is 0 Å². The van der Waals surface area contributed by atoms with E-state index in [1.54, 1.807) is 0 Å². The third-order valence-corrected chi connectivity index (χ3v) is 1.22. The standard InChI is InChI=1S/C5H5N3O3/c6-8-7-5(10)11-4(9)3-1-2-3/h3H,1-2H2. The minimum Gasteiger partial charge on any atom is -0.388 e. The maximum Gasteiger partial charge on any atom is 0.404 e. The summed E-state index contributed by atoms with van der Waals surface area (Å²) in [6, 6.07) is 0. The molecule has 0 atom stereocenters. The van der Waals surface area contributed by atoms with Crippen molar-refractivity contribution in [2.75, 3.05) is 0 Å². The number of ether oxygens (including phenoxy) is 1. The Morgan fingerprint density at radius 3 is 2.64 bits per heavy atom. The normalized spacial score (nSPS) is 14.9. The van der Waals surface area contributed by atoms with Gasteiger partial charge in [0.15, 0.2) is 0 Å².